The van der Waals surface area contributed by atoms with Crippen molar-refractivity contribution in [3.8, 4) is 11.1 Å². The van der Waals surface area contributed by atoms with E-state index in [9.17, 15) is 8.78 Å². The van der Waals surface area contributed by atoms with E-state index >= 15 is 0 Å². The van der Waals surface area contributed by atoms with Crippen LogP contribution in [-0.4, -0.2) is 5.11 Å². The summed E-state index contributed by atoms with van der Waals surface area (Å²) in [5, 5.41) is 9.54. The van der Waals surface area contributed by atoms with Crippen molar-refractivity contribution < 1.29 is 13.9 Å². The van der Waals surface area contributed by atoms with Crippen LogP contribution in [0, 0.1) is 0 Å². The maximum Gasteiger partial charge on any atom is 0.264 e. The van der Waals surface area contributed by atoms with E-state index in [1.807, 2.05) is 0 Å². The number of benzene rings is 2. The molecule has 0 fully saturated rings. The summed E-state index contributed by atoms with van der Waals surface area (Å²) in [6, 6.07) is 11.3. The smallest absolute Gasteiger partial charge is 0.264 e. The summed E-state index contributed by atoms with van der Waals surface area (Å²) in [4.78, 5) is 0. The number of halogens is 3. The van der Waals surface area contributed by atoms with Crippen molar-refractivity contribution in [1.82, 2.24) is 0 Å². The molecule has 2 aromatic carbocycles. The second-order valence-electron chi connectivity index (χ2n) is 3.89. The highest BCUT2D eigenvalue weighted by molar-refractivity contribution is 6.30. The lowest BCUT2D eigenvalue weighted by Gasteiger charge is -2.11. The van der Waals surface area contributed by atoms with Crippen LogP contribution in [-0.2, 0) is 6.61 Å². The molecule has 0 aromatic heterocycles. The van der Waals surface area contributed by atoms with Gasteiger partial charge in [-0.2, -0.15) is 0 Å². The van der Waals surface area contributed by atoms with Gasteiger partial charge in [-0.1, -0.05) is 35.9 Å². The van der Waals surface area contributed by atoms with Crippen molar-refractivity contribution in [2.75, 3.05) is 0 Å². The molecule has 0 aliphatic rings. The maximum atomic E-state index is 13.0. The number of aliphatic hydroxyl groups excluding tert-OH is 1. The van der Waals surface area contributed by atoms with Gasteiger partial charge in [0, 0.05) is 10.6 Å². The number of hydrogen-bond acceptors (Lipinski definition) is 1. The molecule has 1 N–H and O–H groups in total. The van der Waals surface area contributed by atoms with Crippen molar-refractivity contribution in [2.24, 2.45) is 0 Å². The highest BCUT2D eigenvalue weighted by atomic mass is 35.5. The highest BCUT2D eigenvalue weighted by Crippen LogP contribution is 2.32. The Kier molecular flexibility index (Phi) is 3.94. The van der Waals surface area contributed by atoms with Crippen LogP contribution in [0.3, 0.4) is 0 Å². The minimum atomic E-state index is -2.58. The molecular formula is C14H11ClF2O. The van der Waals surface area contributed by atoms with Crippen LogP contribution in [0.2, 0.25) is 5.02 Å². The Bertz CT molecular complexity index is 538. The predicted molar refractivity (Wildman–Crippen MR) is 67.8 cm³/mol. The van der Waals surface area contributed by atoms with Crippen LogP contribution in [0.25, 0.3) is 11.1 Å². The minimum absolute atomic E-state index is 0.0797. The van der Waals surface area contributed by atoms with Gasteiger partial charge in [-0.25, -0.2) is 8.78 Å². The lowest BCUT2D eigenvalue weighted by Crippen LogP contribution is -1.93. The van der Waals surface area contributed by atoms with Crippen molar-refractivity contribution >= 4 is 11.6 Å². The lowest BCUT2D eigenvalue weighted by atomic mass is 9.98. The normalized spacial score (nSPS) is 10.9. The molecule has 4 heteroatoms. The van der Waals surface area contributed by atoms with E-state index in [-0.39, 0.29) is 12.2 Å². The Morgan fingerprint density at radius 2 is 1.72 bits per heavy atom. The highest BCUT2D eigenvalue weighted by Gasteiger charge is 2.14. The molecule has 0 unspecified atom stereocenters. The quantitative estimate of drug-likeness (QED) is 0.873. The van der Waals surface area contributed by atoms with Gasteiger partial charge in [0.15, 0.2) is 0 Å². The van der Waals surface area contributed by atoms with Crippen molar-refractivity contribution in [1.29, 1.82) is 0 Å². The van der Waals surface area contributed by atoms with Gasteiger partial charge in [0.05, 0.1) is 6.61 Å². The first-order valence-corrected chi connectivity index (χ1v) is 5.77. The third-order valence-electron chi connectivity index (χ3n) is 2.69. The predicted octanol–water partition coefficient (Wildman–Crippen LogP) is 4.44. The second kappa shape index (κ2) is 5.46. The van der Waals surface area contributed by atoms with E-state index in [1.165, 1.54) is 6.07 Å². The zero-order valence-corrected chi connectivity index (χ0v) is 10.2. The van der Waals surface area contributed by atoms with E-state index in [1.54, 1.807) is 36.4 Å². The van der Waals surface area contributed by atoms with Crippen LogP contribution in [0.5, 0.6) is 0 Å². The molecule has 18 heavy (non-hydrogen) atoms. The van der Waals surface area contributed by atoms with Crippen molar-refractivity contribution in [3.05, 3.63) is 58.6 Å². The van der Waals surface area contributed by atoms with Crippen molar-refractivity contribution in [2.45, 2.75) is 13.0 Å². The second-order valence-corrected chi connectivity index (χ2v) is 4.32. The van der Waals surface area contributed by atoms with E-state index in [0.717, 1.165) is 0 Å². The van der Waals surface area contributed by atoms with Gasteiger partial charge in [-0.3, -0.25) is 0 Å². The summed E-state index contributed by atoms with van der Waals surface area (Å²) in [5.74, 6) is 0. The van der Waals surface area contributed by atoms with Gasteiger partial charge < -0.3 is 5.11 Å². The Morgan fingerprint density at radius 1 is 1.06 bits per heavy atom. The topological polar surface area (TPSA) is 20.2 Å². The Hall–Kier alpha value is -1.45. The number of alkyl halides is 2. The van der Waals surface area contributed by atoms with Crippen LogP contribution in [0.15, 0.2) is 42.5 Å². The largest absolute Gasteiger partial charge is 0.392 e. The van der Waals surface area contributed by atoms with Crippen LogP contribution in [0.1, 0.15) is 17.6 Å². The molecule has 0 aliphatic carbocycles. The molecule has 0 saturated heterocycles. The first kappa shape index (κ1) is 13.0. The third-order valence-corrected chi connectivity index (χ3v) is 2.94. The SMILES string of the molecule is OCc1ccc(-c2ccc(Cl)cc2)c(C(F)F)c1. The molecule has 0 heterocycles. The van der Waals surface area contributed by atoms with Gasteiger partial charge in [-0.05, 0) is 34.9 Å². The van der Waals surface area contributed by atoms with Gasteiger partial charge in [0.1, 0.15) is 0 Å². The average Bonchev–Trinajstić information content (AvgIpc) is 2.39. The standard InChI is InChI=1S/C14H11ClF2O/c15-11-4-2-10(3-5-11)12-6-1-9(8-18)7-13(12)14(16)17/h1-7,14,18H,8H2. The zero-order chi connectivity index (χ0) is 13.1. The van der Waals surface area contributed by atoms with Crippen LogP contribution >= 0.6 is 11.6 Å². The van der Waals surface area contributed by atoms with E-state index in [2.05, 4.69) is 0 Å². The fourth-order valence-electron chi connectivity index (χ4n) is 1.78. The third kappa shape index (κ3) is 2.68. The molecule has 0 bridgehead atoms. The first-order chi connectivity index (χ1) is 8.61. The summed E-state index contributed by atoms with van der Waals surface area (Å²) in [7, 11) is 0. The zero-order valence-electron chi connectivity index (χ0n) is 9.41. The molecule has 0 radical (unpaired) electrons. The van der Waals surface area contributed by atoms with Crippen LogP contribution in [0.4, 0.5) is 8.78 Å². The number of hydrogen-bond donors (Lipinski definition) is 1. The molecule has 0 saturated carbocycles. The summed E-state index contributed by atoms with van der Waals surface area (Å²) in [5.41, 5.74) is 1.53. The van der Waals surface area contributed by atoms with Gasteiger partial charge in [0.2, 0.25) is 0 Å². The molecule has 0 spiro atoms. The van der Waals surface area contributed by atoms with Crippen LogP contribution < -0.4 is 0 Å². The fourth-order valence-corrected chi connectivity index (χ4v) is 1.91. The molecule has 0 aliphatic heterocycles. The minimum Gasteiger partial charge on any atom is -0.392 e. The summed E-state index contributed by atoms with van der Waals surface area (Å²) in [6.07, 6.45) is -2.58. The van der Waals surface area contributed by atoms with Gasteiger partial charge in [-0.15, -0.1) is 0 Å². The molecule has 0 atom stereocenters. The first-order valence-electron chi connectivity index (χ1n) is 5.39. The monoisotopic (exact) mass is 268 g/mol. The Balaban J connectivity index is 2.52. The summed E-state index contributed by atoms with van der Waals surface area (Å²) < 4.78 is 26.0. The van der Waals surface area contributed by atoms with E-state index in [0.29, 0.717) is 21.7 Å². The van der Waals surface area contributed by atoms with E-state index in [4.69, 9.17) is 16.7 Å². The van der Waals surface area contributed by atoms with E-state index < -0.39 is 6.43 Å². The van der Waals surface area contributed by atoms with Gasteiger partial charge in [0.25, 0.3) is 6.43 Å². The molecule has 94 valence electrons. The van der Waals surface area contributed by atoms with Gasteiger partial charge >= 0.3 is 0 Å². The summed E-state index contributed by atoms with van der Waals surface area (Å²) in [6.45, 7) is -0.249. The average molecular weight is 269 g/mol. The molecule has 2 rings (SSSR count). The lowest BCUT2D eigenvalue weighted by molar-refractivity contribution is 0.151. The molecule has 1 nitrogen and oxygen atoms in total. The number of aliphatic hydroxyl groups is 1. The Labute approximate surface area is 109 Å². The fraction of sp³-hybridized carbons (Fsp3) is 0.143. The summed E-state index contributed by atoms with van der Waals surface area (Å²) >= 11 is 5.77. The molecule has 2 aromatic rings. The molecule has 0 amide bonds. The Morgan fingerprint density at radius 3 is 2.28 bits per heavy atom. The molecular weight excluding hydrogens is 258 g/mol. The number of rotatable bonds is 3. The maximum absolute atomic E-state index is 13.0. The van der Waals surface area contributed by atoms with Crippen molar-refractivity contribution in [3.63, 3.8) is 0 Å².